The van der Waals surface area contributed by atoms with E-state index >= 15 is 0 Å². The Morgan fingerprint density at radius 2 is 2.57 bits per heavy atom. The Morgan fingerprint density at radius 3 is 2.71 bits per heavy atom. The van der Waals surface area contributed by atoms with Crippen molar-refractivity contribution in [3.05, 3.63) is 6.92 Å². The lowest BCUT2D eigenvalue weighted by molar-refractivity contribution is 0.804. The molecule has 0 spiro atoms. The van der Waals surface area contributed by atoms with Gasteiger partial charge >= 0.3 is 0 Å². The van der Waals surface area contributed by atoms with Gasteiger partial charge in [-0.15, -0.1) is 0 Å². The Hall–Kier alpha value is -0.330. The summed E-state index contributed by atoms with van der Waals surface area (Å²) in [4.78, 5) is 4.19. The van der Waals surface area contributed by atoms with Crippen LogP contribution in [0.2, 0.25) is 0 Å². The van der Waals surface area contributed by atoms with Crippen molar-refractivity contribution in [3.63, 3.8) is 0 Å². The lowest BCUT2D eigenvalue weighted by atomic mass is 10.2. The second-order valence-corrected chi connectivity index (χ2v) is 2.06. The van der Waals surface area contributed by atoms with E-state index in [9.17, 15) is 0 Å². The van der Waals surface area contributed by atoms with Crippen LogP contribution in [0.3, 0.4) is 0 Å². The van der Waals surface area contributed by atoms with Gasteiger partial charge < -0.3 is 0 Å². The Bertz CT molecular complexity index is 94.4. The first-order chi connectivity index (χ1) is 3.29. The number of hydrogen-bond donors (Lipinski definition) is 0. The summed E-state index contributed by atoms with van der Waals surface area (Å²) in [7, 11) is 0. The van der Waals surface area contributed by atoms with Crippen molar-refractivity contribution in [1.82, 2.24) is 0 Å². The van der Waals surface area contributed by atoms with E-state index in [4.69, 9.17) is 0 Å². The quantitative estimate of drug-likeness (QED) is 0.432. The van der Waals surface area contributed by atoms with Crippen molar-refractivity contribution in [1.29, 1.82) is 0 Å². The van der Waals surface area contributed by atoms with E-state index in [2.05, 4.69) is 18.8 Å². The van der Waals surface area contributed by atoms with E-state index in [-0.39, 0.29) is 0 Å². The average molecular weight is 96.2 g/mol. The molecule has 0 aromatic carbocycles. The van der Waals surface area contributed by atoms with Gasteiger partial charge in [0.05, 0.1) is 6.04 Å². The van der Waals surface area contributed by atoms with E-state index in [1.165, 1.54) is 5.71 Å². The van der Waals surface area contributed by atoms with Crippen LogP contribution < -0.4 is 0 Å². The molecule has 0 saturated heterocycles. The Morgan fingerprint density at radius 1 is 1.86 bits per heavy atom. The van der Waals surface area contributed by atoms with Gasteiger partial charge in [-0.1, -0.05) is 0 Å². The lowest BCUT2D eigenvalue weighted by Gasteiger charge is -1.88. The first kappa shape index (κ1) is 4.82. The molecule has 0 unspecified atom stereocenters. The summed E-state index contributed by atoms with van der Waals surface area (Å²) in [5.74, 6) is 0. The van der Waals surface area contributed by atoms with Gasteiger partial charge in [0.2, 0.25) is 0 Å². The third kappa shape index (κ3) is 1.02. The maximum absolute atomic E-state index is 4.19. The highest BCUT2D eigenvalue weighted by Crippen LogP contribution is 2.10. The fourth-order valence-electron chi connectivity index (χ4n) is 0.816. The van der Waals surface area contributed by atoms with Gasteiger partial charge in [-0.3, -0.25) is 4.99 Å². The van der Waals surface area contributed by atoms with E-state index in [1.54, 1.807) is 0 Å². The van der Waals surface area contributed by atoms with E-state index < -0.39 is 0 Å². The standard InChI is InChI=1S/C6H10N/c1-5-3-4-6(2)7-5/h5H,1,3-4H2,2H3/t5-/m0/s1. The molecule has 0 bridgehead atoms. The SMILES string of the molecule is [CH2][C@H]1CCC(C)=N1. The molecule has 0 saturated carbocycles. The molecule has 1 atom stereocenters. The molecule has 1 heterocycles. The molecule has 0 amide bonds. The van der Waals surface area contributed by atoms with Crippen LogP contribution in [-0.2, 0) is 0 Å². The molecule has 1 rings (SSSR count). The molecule has 7 heavy (non-hydrogen) atoms. The maximum atomic E-state index is 4.19. The Labute approximate surface area is 44.5 Å². The zero-order valence-corrected chi connectivity index (χ0v) is 4.65. The molecule has 39 valence electrons. The number of nitrogens with zero attached hydrogens (tertiary/aromatic N) is 1. The third-order valence-electron chi connectivity index (χ3n) is 1.24. The van der Waals surface area contributed by atoms with Gasteiger partial charge in [0.25, 0.3) is 0 Å². The fraction of sp³-hybridized carbons (Fsp3) is 0.667. The zero-order valence-electron chi connectivity index (χ0n) is 4.65. The van der Waals surface area contributed by atoms with Crippen molar-refractivity contribution >= 4 is 5.71 Å². The third-order valence-corrected chi connectivity index (χ3v) is 1.24. The average Bonchev–Trinajstić information content (AvgIpc) is 1.87. The minimum atomic E-state index is 0.361. The van der Waals surface area contributed by atoms with Crippen molar-refractivity contribution in [3.8, 4) is 0 Å². The highest BCUT2D eigenvalue weighted by Gasteiger charge is 2.07. The minimum Gasteiger partial charge on any atom is -0.291 e. The molecule has 0 aliphatic carbocycles. The predicted molar refractivity (Wildman–Crippen MR) is 31.5 cm³/mol. The number of hydrogen-bond acceptors (Lipinski definition) is 1. The molecule has 1 nitrogen and oxygen atoms in total. The van der Waals surface area contributed by atoms with E-state index in [0.29, 0.717) is 6.04 Å². The van der Waals surface area contributed by atoms with Gasteiger partial charge in [0.1, 0.15) is 0 Å². The fourth-order valence-corrected chi connectivity index (χ4v) is 0.816. The van der Waals surface area contributed by atoms with Crippen LogP contribution in [0.15, 0.2) is 4.99 Å². The van der Waals surface area contributed by atoms with Crippen molar-refractivity contribution in [2.45, 2.75) is 25.8 Å². The summed E-state index contributed by atoms with van der Waals surface area (Å²) in [5.41, 5.74) is 1.26. The summed E-state index contributed by atoms with van der Waals surface area (Å²) >= 11 is 0. The molecule has 0 N–H and O–H groups in total. The van der Waals surface area contributed by atoms with E-state index in [1.807, 2.05) is 0 Å². The molecular formula is C6H10N. The summed E-state index contributed by atoms with van der Waals surface area (Å²) < 4.78 is 0. The second kappa shape index (κ2) is 1.65. The number of rotatable bonds is 0. The van der Waals surface area contributed by atoms with Crippen LogP contribution in [0.4, 0.5) is 0 Å². The molecule has 1 heteroatoms. The van der Waals surface area contributed by atoms with Gasteiger partial charge in [0.15, 0.2) is 0 Å². The normalized spacial score (nSPS) is 30.6. The summed E-state index contributed by atoms with van der Waals surface area (Å²) in [6.45, 7) is 5.86. The van der Waals surface area contributed by atoms with E-state index in [0.717, 1.165) is 12.8 Å². The largest absolute Gasteiger partial charge is 0.291 e. The highest BCUT2D eigenvalue weighted by molar-refractivity contribution is 5.83. The Balaban J connectivity index is 2.50. The molecule has 0 aromatic rings. The van der Waals surface area contributed by atoms with Crippen molar-refractivity contribution in [2.75, 3.05) is 0 Å². The Kier molecular flexibility index (Phi) is 1.13. The maximum Gasteiger partial charge on any atom is 0.0503 e. The monoisotopic (exact) mass is 96.1 g/mol. The summed E-state index contributed by atoms with van der Waals surface area (Å²) in [6.07, 6.45) is 2.32. The number of aliphatic imine (C=N–C) groups is 1. The first-order valence-corrected chi connectivity index (χ1v) is 2.65. The van der Waals surface area contributed by atoms with Crippen molar-refractivity contribution in [2.24, 2.45) is 4.99 Å². The first-order valence-electron chi connectivity index (χ1n) is 2.65. The van der Waals surface area contributed by atoms with Crippen LogP contribution in [0.1, 0.15) is 19.8 Å². The lowest BCUT2D eigenvalue weighted by Crippen LogP contribution is -1.87. The van der Waals surface area contributed by atoms with Crippen LogP contribution in [0.5, 0.6) is 0 Å². The molecule has 1 aliphatic rings. The minimum absolute atomic E-state index is 0.361. The van der Waals surface area contributed by atoms with Gasteiger partial charge in [-0.05, 0) is 26.7 Å². The molecular weight excluding hydrogens is 86.1 g/mol. The zero-order chi connectivity index (χ0) is 5.28. The van der Waals surface area contributed by atoms with Crippen LogP contribution in [-0.4, -0.2) is 11.8 Å². The van der Waals surface area contributed by atoms with Gasteiger partial charge in [0, 0.05) is 5.71 Å². The topological polar surface area (TPSA) is 12.4 Å². The van der Waals surface area contributed by atoms with Crippen LogP contribution >= 0.6 is 0 Å². The predicted octanol–water partition coefficient (Wildman–Crippen LogP) is 1.44. The summed E-state index contributed by atoms with van der Waals surface area (Å²) in [6, 6.07) is 0.361. The molecule has 0 fully saturated rings. The smallest absolute Gasteiger partial charge is 0.0503 e. The highest BCUT2D eigenvalue weighted by atomic mass is 14.8. The van der Waals surface area contributed by atoms with Gasteiger partial charge in [-0.2, -0.15) is 0 Å². The van der Waals surface area contributed by atoms with Crippen LogP contribution in [0.25, 0.3) is 0 Å². The molecule has 0 aromatic heterocycles. The molecule has 1 radical (unpaired) electrons. The van der Waals surface area contributed by atoms with Crippen LogP contribution in [0, 0.1) is 6.92 Å². The second-order valence-electron chi connectivity index (χ2n) is 2.06. The van der Waals surface area contributed by atoms with Crippen molar-refractivity contribution < 1.29 is 0 Å². The molecule has 1 aliphatic heterocycles. The van der Waals surface area contributed by atoms with Gasteiger partial charge in [-0.25, -0.2) is 0 Å². The summed E-state index contributed by atoms with van der Waals surface area (Å²) in [5, 5.41) is 0.